The maximum absolute atomic E-state index is 12.2. The van der Waals surface area contributed by atoms with Gasteiger partial charge in [0.2, 0.25) is 0 Å². The molecule has 0 spiro atoms. The number of ketones is 1. The topological polar surface area (TPSA) is 48.3 Å². The Bertz CT molecular complexity index is 848. The zero-order valence-electron chi connectivity index (χ0n) is 13.3. The molecule has 0 atom stereocenters. The summed E-state index contributed by atoms with van der Waals surface area (Å²) in [6.45, 7) is -0.269. The monoisotopic (exact) mass is 319 g/mol. The van der Waals surface area contributed by atoms with Gasteiger partial charge in [0.05, 0.1) is 0 Å². The molecule has 0 saturated carbocycles. The molecule has 3 rings (SSSR count). The summed E-state index contributed by atoms with van der Waals surface area (Å²) in [5, 5.41) is 0. The summed E-state index contributed by atoms with van der Waals surface area (Å²) in [7, 11) is 1.75. The number of esters is 1. The number of nitrogens with zero attached hydrogens (tertiary/aromatic N) is 1. The van der Waals surface area contributed by atoms with Crippen molar-refractivity contribution >= 4 is 11.8 Å². The van der Waals surface area contributed by atoms with E-state index < -0.39 is 5.97 Å². The minimum absolute atomic E-state index is 0.225. The summed E-state index contributed by atoms with van der Waals surface area (Å²) in [6.07, 6.45) is 1.75. The number of hydrogen-bond acceptors (Lipinski definition) is 3. The van der Waals surface area contributed by atoms with Gasteiger partial charge < -0.3 is 9.30 Å². The molecule has 4 nitrogen and oxygen atoms in total. The number of Topliss-reactive ketones (excluding diaryl/α,β-unsaturated/α-hetero) is 1. The Morgan fingerprint density at radius 2 is 1.54 bits per heavy atom. The summed E-state index contributed by atoms with van der Waals surface area (Å²) in [6, 6.07) is 20.6. The van der Waals surface area contributed by atoms with Gasteiger partial charge in [-0.25, -0.2) is 4.79 Å². The third kappa shape index (κ3) is 3.43. The van der Waals surface area contributed by atoms with E-state index in [0.29, 0.717) is 11.3 Å². The average Bonchev–Trinajstić information content (AvgIpc) is 3.06. The van der Waals surface area contributed by atoms with Gasteiger partial charge in [-0.05, 0) is 23.3 Å². The fourth-order valence-electron chi connectivity index (χ4n) is 2.44. The Morgan fingerprint density at radius 1 is 0.875 bits per heavy atom. The molecule has 120 valence electrons. The van der Waals surface area contributed by atoms with Crippen LogP contribution in [0.1, 0.15) is 20.8 Å². The first-order valence-corrected chi connectivity index (χ1v) is 7.62. The first kappa shape index (κ1) is 15.7. The third-order valence-corrected chi connectivity index (χ3v) is 3.80. The van der Waals surface area contributed by atoms with Gasteiger partial charge in [-0.1, -0.05) is 54.6 Å². The number of carbonyl (C=O) groups excluding carboxylic acids is 2. The zero-order chi connectivity index (χ0) is 16.9. The number of hydrogen-bond donors (Lipinski definition) is 0. The van der Waals surface area contributed by atoms with Crippen molar-refractivity contribution in [2.75, 3.05) is 6.61 Å². The van der Waals surface area contributed by atoms with Crippen LogP contribution in [0.5, 0.6) is 0 Å². The lowest BCUT2D eigenvalue weighted by Gasteiger charge is -2.06. The fourth-order valence-corrected chi connectivity index (χ4v) is 2.44. The predicted molar refractivity (Wildman–Crippen MR) is 91.9 cm³/mol. The molecule has 0 amide bonds. The van der Waals surface area contributed by atoms with E-state index in [4.69, 9.17) is 4.74 Å². The van der Waals surface area contributed by atoms with E-state index >= 15 is 0 Å². The standard InChI is InChI=1S/C20H17NO3/c1-21-13-5-8-18(21)20(23)24-14-19(22)17-11-9-16(10-12-17)15-6-3-2-4-7-15/h2-13H,14H2,1H3. The van der Waals surface area contributed by atoms with Crippen molar-refractivity contribution in [3.8, 4) is 11.1 Å². The maximum Gasteiger partial charge on any atom is 0.355 e. The molecule has 3 aromatic rings. The lowest BCUT2D eigenvalue weighted by molar-refractivity contribution is 0.0465. The summed E-state index contributed by atoms with van der Waals surface area (Å²) in [4.78, 5) is 24.1. The van der Waals surface area contributed by atoms with Gasteiger partial charge in [-0.2, -0.15) is 0 Å². The van der Waals surface area contributed by atoms with Crippen LogP contribution in [-0.4, -0.2) is 22.9 Å². The quantitative estimate of drug-likeness (QED) is 0.532. The van der Waals surface area contributed by atoms with Gasteiger partial charge in [0, 0.05) is 18.8 Å². The molecule has 2 aromatic carbocycles. The Kier molecular flexibility index (Phi) is 4.57. The van der Waals surface area contributed by atoms with Gasteiger partial charge in [0.25, 0.3) is 0 Å². The van der Waals surface area contributed by atoms with Crippen LogP contribution in [-0.2, 0) is 11.8 Å². The van der Waals surface area contributed by atoms with E-state index in [1.54, 1.807) is 42.1 Å². The van der Waals surface area contributed by atoms with Crippen molar-refractivity contribution < 1.29 is 14.3 Å². The minimum atomic E-state index is -0.503. The highest BCUT2D eigenvalue weighted by molar-refractivity contribution is 5.99. The molecule has 0 aliphatic rings. The van der Waals surface area contributed by atoms with Crippen LogP contribution < -0.4 is 0 Å². The molecule has 0 bridgehead atoms. The van der Waals surface area contributed by atoms with Gasteiger partial charge in [0.15, 0.2) is 12.4 Å². The van der Waals surface area contributed by atoms with Crippen molar-refractivity contribution in [1.82, 2.24) is 4.57 Å². The summed E-state index contributed by atoms with van der Waals surface area (Å²) in [5.41, 5.74) is 3.07. The van der Waals surface area contributed by atoms with Crippen molar-refractivity contribution in [1.29, 1.82) is 0 Å². The maximum atomic E-state index is 12.2. The molecule has 24 heavy (non-hydrogen) atoms. The predicted octanol–water partition coefficient (Wildman–Crippen LogP) is 3.73. The van der Waals surface area contributed by atoms with Crippen molar-refractivity contribution in [3.63, 3.8) is 0 Å². The van der Waals surface area contributed by atoms with E-state index in [-0.39, 0.29) is 12.4 Å². The van der Waals surface area contributed by atoms with Crippen LogP contribution in [0, 0.1) is 0 Å². The highest BCUT2D eigenvalue weighted by Gasteiger charge is 2.13. The second-order valence-electron chi connectivity index (χ2n) is 5.45. The molecule has 0 radical (unpaired) electrons. The van der Waals surface area contributed by atoms with Crippen LogP contribution in [0.4, 0.5) is 0 Å². The highest BCUT2D eigenvalue weighted by Crippen LogP contribution is 2.19. The SMILES string of the molecule is Cn1cccc1C(=O)OCC(=O)c1ccc(-c2ccccc2)cc1. The lowest BCUT2D eigenvalue weighted by atomic mass is 10.0. The Labute approximate surface area is 140 Å². The first-order chi connectivity index (χ1) is 11.6. The second kappa shape index (κ2) is 6.96. The van der Waals surface area contributed by atoms with Crippen LogP contribution >= 0.6 is 0 Å². The molecular weight excluding hydrogens is 302 g/mol. The number of ether oxygens (including phenoxy) is 1. The highest BCUT2D eigenvalue weighted by atomic mass is 16.5. The molecule has 0 saturated heterocycles. The summed E-state index contributed by atoms with van der Waals surface area (Å²) >= 11 is 0. The van der Waals surface area contributed by atoms with E-state index in [9.17, 15) is 9.59 Å². The Morgan fingerprint density at radius 3 is 2.17 bits per heavy atom. The van der Waals surface area contributed by atoms with E-state index in [1.165, 1.54) is 0 Å². The largest absolute Gasteiger partial charge is 0.453 e. The smallest absolute Gasteiger partial charge is 0.355 e. The number of aryl methyl sites for hydroxylation is 1. The molecule has 0 aliphatic carbocycles. The molecule has 0 N–H and O–H groups in total. The first-order valence-electron chi connectivity index (χ1n) is 7.62. The number of carbonyl (C=O) groups is 2. The third-order valence-electron chi connectivity index (χ3n) is 3.80. The molecule has 0 fully saturated rings. The molecule has 0 aliphatic heterocycles. The molecule has 1 heterocycles. The zero-order valence-corrected chi connectivity index (χ0v) is 13.3. The summed E-state index contributed by atoms with van der Waals surface area (Å²) in [5.74, 6) is -0.728. The van der Waals surface area contributed by atoms with Crippen molar-refractivity contribution in [3.05, 3.63) is 84.2 Å². The van der Waals surface area contributed by atoms with E-state index in [1.807, 2.05) is 42.5 Å². The fraction of sp³-hybridized carbons (Fsp3) is 0.100. The van der Waals surface area contributed by atoms with Crippen LogP contribution in [0.25, 0.3) is 11.1 Å². The van der Waals surface area contributed by atoms with Gasteiger partial charge in [-0.15, -0.1) is 0 Å². The number of rotatable bonds is 5. The average molecular weight is 319 g/mol. The van der Waals surface area contributed by atoms with Gasteiger partial charge >= 0.3 is 5.97 Å². The van der Waals surface area contributed by atoms with Crippen molar-refractivity contribution in [2.24, 2.45) is 7.05 Å². The number of aromatic nitrogens is 1. The lowest BCUT2D eigenvalue weighted by Crippen LogP contribution is -2.16. The Hall–Kier alpha value is -3.14. The Balaban J connectivity index is 1.63. The molecular formula is C20H17NO3. The van der Waals surface area contributed by atoms with Crippen LogP contribution in [0.2, 0.25) is 0 Å². The summed E-state index contributed by atoms with van der Waals surface area (Å²) < 4.78 is 6.74. The number of benzene rings is 2. The van der Waals surface area contributed by atoms with E-state index in [0.717, 1.165) is 11.1 Å². The molecule has 1 aromatic heterocycles. The second-order valence-corrected chi connectivity index (χ2v) is 5.45. The van der Waals surface area contributed by atoms with Crippen LogP contribution in [0.3, 0.4) is 0 Å². The molecule has 4 heteroatoms. The van der Waals surface area contributed by atoms with Crippen LogP contribution in [0.15, 0.2) is 72.9 Å². The van der Waals surface area contributed by atoms with Gasteiger partial charge in [0.1, 0.15) is 5.69 Å². The van der Waals surface area contributed by atoms with Crippen molar-refractivity contribution in [2.45, 2.75) is 0 Å². The minimum Gasteiger partial charge on any atom is -0.453 e. The normalized spacial score (nSPS) is 10.4. The molecule has 0 unspecified atom stereocenters. The van der Waals surface area contributed by atoms with Gasteiger partial charge in [-0.3, -0.25) is 4.79 Å². The van der Waals surface area contributed by atoms with E-state index in [2.05, 4.69) is 0 Å².